The molecular weight excluding hydrogens is 274 g/mol. The zero-order valence-electron chi connectivity index (χ0n) is 11.3. The van der Waals surface area contributed by atoms with Crippen LogP contribution < -0.4 is 14.8 Å². The number of benzene rings is 1. The third-order valence-corrected chi connectivity index (χ3v) is 4.32. The van der Waals surface area contributed by atoms with Crippen LogP contribution >= 0.6 is 11.8 Å². The van der Waals surface area contributed by atoms with E-state index in [0.29, 0.717) is 13.2 Å². The molecule has 0 aromatic heterocycles. The Morgan fingerprint density at radius 3 is 3.25 bits per heavy atom. The molecule has 0 saturated carbocycles. The molecule has 0 bridgehead atoms. The second-order valence-corrected chi connectivity index (χ2v) is 5.90. The van der Waals surface area contributed by atoms with Crippen molar-refractivity contribution in [2.24, 2.45) is 0 Å². The number of thioether (sulfide) groups is 1. The third-order valence-electron chi connectivity index (χ3n) is 3.29. The lowest BCUT2D eigenvalue weighted by atomic mass is 10.1. The summed E-state index contributed by atoms with van der Waals surface area (Å²) >= 11 is 1.81. The molecule has 1 aromatic rings. The highest BCUT2D eigenvalue weighted by atomic mass is 32.2. The summed E-state index contributed by atoms with van der Waals surface area (Å²) in [5, 5.41) is 2.79. The first-order valence-electron chi connectivity index (χ1n) is 6.74. The molecule has 2 aliphatic heterocycles. The molecule has 0 spiro atoms. The van der Waals surface area contributed by atoms with Gasteiger partial charge in [0.2, 0.25) is 5.91 Å². The van der Waals surface area contributed by atoms with E-state index in [9.17, 15) is 4.79 Å². The molecule has 0 fully saturated rings. The van der Waals surface area contributed by atoms with Gasteiger partial charge in [0.1, 0.15) is 12.7 Å². The number of rotatable bonds is 3. The average molecular weight is 291 g/mol. The monoisotopic (exact) mass is 291 g/mol. The second-order valence-electron chi connectivity index (χ2n) is 4.84. The maximum atomic E-state index is 10.9. The number of carbonyl (C=O) groups excluding carboxylic acids is 1. The van der Waals surface area contributed by atoms with E-state index >= 15 is 0 Å². The zero-order chi connectivity index (χ0) is 13.9. The molecule has 3 rings (SSSR count). The highest BCUT2D eigenvalue weighted by Gasteiger charge is 2.25. The number of ether oxygens (including phenoxy) is 2. The Morgan fingerprint density at radius 2 is 2.40 bits per heavy atom. The Balaban J connectivity index is 1.73. The summed E-state index contributed by atoms with van der Waals surface area (Å²) < 4.78 is 11.9. The summed E-state index contributed by atoms with van der Waals surface area (Å²) in [7, 11) is 0. The summed E-state index contributed by atoms with van der Waals surface area (Å²) in [6.07, 6.45) is 4.97. The molecule has 0 radical (unpaired) electrons. The molecule has 1 amide bonds. The van der Waals surface area contributed by atoms with Gasteiger partial charge in [-0.3, -0.25) is 4.79 Å². The predicted molar refractivity (Wildman–Crippen MR) is 79.4 cm³/mol. The predicted octanol–water partition coefficient (Wildman–Crippen LogP) is 2.47. The lowest BCUT2D eigenvalue weighted by Crippen LogP contribution is -2.34. The van der Waals surface area contributed by atoms with Crippen molar-refractivity contribution in [3.8, 4) is 11.5 Å². The van der Waals surface area contributed by atoms with Crippen LogP contribution in [0.2, 0.25) is 0 Å². The van der Waals surface area contributed by atoms with E-state index in [1.165, 1.54) is 11.8 Å². The van der Waals surface area contributed by atoms with Crippen molar-refractivity contribution in [1.82, 2.24) is 5.32 Å². The van der Waals surface area contributed by atoms with E-state index < -0.39 is 0 Å². The molecule has 20 heavy (non-hydrogen) atoms. The van der Waals surface area contributed by atoms with Gasteiger partial charge in [-0.15, -0.1) is 11.8 Å². The fourth-order valence-corrected chi connectivity index (χ4v) is 3.17. The van der Waals surface area contributed by atoms with Crippen molar-refractivity contribution in [2.45, 2.75) is 24.3 Å². The van der Waals surface area contributed by atoms with E-state index in [4.69, 9.17) is 9.47 Å². The van der Waals surface area contributed by atoms with E-state index in [1.54, 1.807) is 11.8 Å². The Bertz CT molecular complexity index is 556. The summed E-state index contributed by atoms with van der Waals surface area (Å²) in [4.78, 5) is 12.1. The molecule has 1 N–H and O–H groups in total. The second kappa shape index (κ2) is 5.79. The Morgan fingerprint density at radius 1 is 1.50 bits per heavy atom. The fraction of sp³-hybridized carbons (Fsp3) is 0.400. The van der Waals surface area contributed by atoms with Gasteiger partial charge in [-0.05, 0) is 12.1 Å². The Hall–Kier alpha value is -1.62. The highest BCUT2D eigenvalue weighted by Crippen LogP contribution is 2.43. The van der Waals surface area contributed by atoms with Crippen LogP contribution in [0.1, 0.15) is 18.9 Å². The zero-order valence-corrected chi connectivity index (χ0v) is 12.2. The van der Waals surface area contributed by atoms with Crippen molar-refractivity contribution in [2.75, 3.05) is 18.9 Å². The molecule has 0 aliphatic carbocycles. The fourth-order valence-electron chi connectivity index (χ4n) is 2.32. The van der Waals surface area contributed by atoms with Crippen LogP contribution in [0.25, 0.3) is 6.08 Å². The summed E-state index contributed by atoms with van der Waals surface area (Å²) in [6.45, 7) is 2.66. The number of hydrogen-bond donors (Lipinski definition) is 1. The molecule has 5 heteroatoms. The molecule has 2 heterocycles. The smallest absolute Gasteiger partial charge is 0.216 e. The van der Waals surface area contributed by atoms with Crippen LogP contribution in [0.15, 0.2) is 23.1 Å². The van der Waals surface area contributed by atoms with Crippen LogP contribution in [-0.2, 0) is 4.79 Å². The molecule has 0 saturated heterocycles. The minimum absolute atomic E-state index is 0.0128. The topological polar surface area (TPSA) is 47.6 Å². The molecule has 1 unspecified atom stereocenters. The van der Waals surface area contributed by atoms with E-state index in [2.05, 4.69) is 23.5 Å². The first-order valence-corrected chi connectivity index (χ1v) is 7.73. The summed E-state index contributed by atoms with van der Waals surface area (Å²) in [5.74, 6) is 2.63. The van der Waals surface area contributed by atoms with E-state index in [0.717, 1.165) is 29.2 Å². The first-order chi connectivity index (χ1) is 9.74. The Labute approximate surface area is 122 Å². The van der Waals surface area contributed by atoms with Gasteiger partial charge in [0.15, 0.2) is 11.5 Å². The van der Waals surface area contributed by atoms with Gasteiger partial charge in [-0.25, -0.2) is 0 Å². The highest BCUT2D eigenvalue weighted by molar-refractivity contribution is 7.99. The van der Waals surface area contributed by atoms with Gasteiger partial charge in [0.25, 0.3) is 0 Å². The number of amides is 1. The van der Waals surface area contributed by atoms with Crippen LogP contribution in [0.3, 0.4) is 0 Å². The molecule has 2 aliphatic rings. The number of nitrogens with one attached hydrogen (secondary N) is 1. The first kappa shape index (κ1) is 13.4. The van der Waals surface area contributed by atoms with Crippen molar-refractivity contribution in [3.63, 3.8) is 0 Å². The summed E-state index contributed by atoms with van der Waals surface area (Å²) in [6, 6.07) is 4.06. The summed E-state index contributed by atoms with van der Waals surface area (Å²) in [5.41, 5.74) is 1.11. The number of hydrogen-bond acceptors (Lipinski definition) is 4. The van der Waals surface area contributed by atoms with Crippen molar-refractivity contribution in [3.05, 3.63) is 23.8 Å². The molecule has 1 atom stereocenters. The van der Waals surface area contributed by atoms with Gasteiger partial charge < -0.3 is 14.8 Å². The lowest BCUT2D eigenvalue weighted by molar-refractivity contribution is -0.119. The minimum atomic E-state index is -0.0150. The quantitative estimate of drug-likeness (QED) is 0.929. The van der Waals surface area contributed by atoms with Gasteiger partial charge in [-0.1, -0.05) is 12.2 Å². The van der Waals surface area contributed by atoms with Gasteiger partial charge in [0, 0.05) is 36.1 Å². The van der Waals surface area contributed by atoms with Gasteiger partial charge in [0.05, 0.1) is 0 Å². The van der Waals surface area contributed by atoms with Crippen molar-refractivity contribution in [1.29, 1.82) is 0 Å². The lowest BCUT2D eigenvalue weighted by Gasteiger charge is -2.29. The minimum Gasteiger partial charge on any atom is -0.486 e. The van der Waals surface area contributed by atoms with Crippen molar-refractivity contribution >= 4 is 23.7 Å². The van der Waals surface area contributed by atoms with Crippen LogP contribution in [0.5, 0.6) is 11.5 Å². The maximum absolute atomic E-state index is 10.9. The van der Waals surface area contributed by atoms with Gasteiger partial charge in [-0.2, -0.15) is 0 Å². The number of carbonyl (C=O) groups is 1. The number of fused-ring (bicyclic) bond motifs is 3. The molecule has 106 valence electrons. The SMILES string of the molecule is CC(=O)NCCC1COc2ccc3c(c2O1)C=CCS3. The van der Waals surface area contributed by atoms with Crippen LogP contribution in [0.4, 0.5) is 0 Å². The molecule has 4 nitrogen and oxygen atoms in total. The third kappa shape index (κ3) is 2.77. The van der Waals surface area contributed by atoms with E-state index in [1.807, 2.05) is 6.07 Å². The maximum Gasteiger partial charge on any atom is 0.216 e. The molecule has 1 aromatic carbocycles. The van der Waals surface area contributed by atoms with E-state index in [-0.39, 0.29) is 12.0 Å². The average Bonchev–Trinajstić information content (AvgIpc) is 2.47. The molecular formula is C15H17NO3S. The van der Waals surface area contributed by atoms with Crippen molar-refractivity contribution < 1.29 is 14.3 Å². The Kier molecular flexibility index (Phi) is 3.87. The standard InChI is InChI=1S/C15H17NO3S/c1-10(17)16-7-6-11-9-18-13-4-5-14-12(15(13)19-11)3-2-8-20-14/h2-5,11H,6-9H2,1H3,(H,16,17). The van der Waals surface area contributed by atoms with Gasteiger partial charge >= 0.3 is 0 Å². The van der Waals surface area contributed by atoms with Crippen LogP contribution in [0, 0.1) is 0 Å². The van der Waals surface area contributed by atoms with Crippen LogP contribution in [-0.4, -0.2) is 30.9 Å². The largest absolute Gasteiger partial charge is 0.486 e. The normalized spacial score (nSPS) is 19.4.